The molecule has 0 saturated heterocycles. The van der Waals surface area contributed by atoms with E-state index in [2.05, 4.69) is 35.1 Å². The molecule has 2 heterocycles. The third-order valence-corrected chi connectivity index (χ3v) is 3.82. The molecule has 0 bridgehead atoms. The largest absolute Gasteiger partial charge is 0.357 e. The van der Waals surface area contributed by atoms with Crippen LogP contribution in [0.1, 0.15) is 63.6 Å². The Labute approximate surface area is 122 Å². The molecule has 3 nitrogen and oxygen atoms in total. The average molecular weight is 273 g/mol. The summed E-state index contributed by atoms with van der Waals surface area (Å²) in [5, 5.41) is 7.16. The molecule has 2 rings (SSSR count). The molecule has 2 aromatic heterocycles. The van der Waals surface area contributed by atoms with Crippen LogP contribution in [0.4, 0.5) is 0 Å². The van der Waals surface area contributed by atoms with Gasteiger partial charge in [-0.1, -0.05) is 39.5 Å². The number of nitrogens with one attached hydrogen (secondary N) is 2. The van der Waals surface area contributed by atoms with Crippen LogP contribution in [0.5, 0.6) is 0 Å². The Bertz CT molecular complexity index is 482. The molecule has 3 heteroatoms. The van der Waals surface area contributed by atoms with Crippen LogP contribution in [0, 0.1) is 0 Å². The zero-order valence-electron chi connectivity index (χ0n) is 12.8. The molecule has 2 aromatic rings. The quantitative estimate of drug-likeness (QED) is 0.629. The maximum Gasteiger partial charge on any atom is 0.0815 e. The minimum Gasteiger partial charge on any atom is -0.357 e. The van der Waals surface area contributed by atoms with Crippen molar-refractivity contribution in [2.75, 3.05) is 0 Å². The predicted octanol–water partition coefficient (Wildman–Crippen LogP) is 4.87. The second-order valence-electron chi connectivity index (χ2n) is 5.58. The van der Waals surface area contributed by atoms with Gasteiger partial charge in [0.2, 0.25) is 0 Å². The van der Waals surface area contributed by atoms with E-state index < -0.39 is 0 Å². The third-order valence-electron chi connectivity index (χ3n) is 3.82. The Morgan fingerprint density at radius 2 is 1.75 bits per heavy atom. The highest BCUT2D eigenvalue weighted by molar-refractivity contribution is 5.60. The van der Waals surface area contributed by atoms with E-state index in [9.17, 15) is 0 Å². The molecular weight excluding hydrogens is 246 g/mol. The van der Waals surface area contributed by atoms with Crippen LogP contribution in [0.2, 0.25) is 0 Å². The summed E-state index contributed by atoms with van der Waals surface area (Å²) in [7, 11) is 0. The molecule has 0 aromatic carbocycles. The lowest BCUT2D eigenvalue weighted by Gasteiger charge is -2.01. The minimum absolute atomic E-state index is 1.11. The summed E-state index contributed by atoms with van der Waals surface area (Å²) in [6.45, 7) is 4.50. The van der Waals surface area contributed by atoms with E-state index in [1.165, 1.54) is 55.5 Å². The SMILES string of the molecule is CCCCCc1cc(CCCCC)c(-c2ccn[nH]2)[nH]1. The van der Waals surface area contributed by atoms with Gasteiger partial charge in [-0.2, -0.15) is 5.10 Å². The van der Waals surface area contributed by atoms with Gasteiger partial charge in [-0.15, -0.1) is 0 Å². The van der Waals surface area contributed by atoms with Crippen molar-refractivity contribution in [1.29, 1.82) is 0 Å². The molecule has 0 saturated carbocycles. The monoisotopic (exact) mass is 273 g/mol. The number of unbranched alkanes of at least 4 members (excludes halogenated alkanes) is 4. The van der Waals surface area contributed by atoms with Crippen LogP contribution in [0.15, 0.2) is 18.3 Å². The van der Waals surface area contributed by atoms with Crippen LogP contribution in [0.3, 0.4) is 0 Å². The maximum absolute atomic E-state index is 4.08. The number of rotatable bonds is 9. The number of nitrogens with zero attached hydrogens (tertiary/aromatic N) is 1. The summed E-state index contributed by atoms with van der Waals surface area (Å²) >= 11 is 0. The first-order chi connectivity index (χ1) is 9.85. The fourth-order valence-corrected chi connectivity index (χ4v) is 2.66. The summed E-state index contributed by atoms with van der Waals surface area (Å²) in [6, 6.07) is 4.41. The van der Waals surface area contributed by atoms with Gasteiger partial charge in [-0.25, -0.2) is 0 Å². The number of hydrogen-bond acceptors (Lipinski definition) is 1. The number of aryl methyl sites for hydroxylation is 2. The van der Waals surface area contributed by atoms with Crippen molar-refractivity contribution < 1.29 is 0 Å². The normalized spacial score (nSPS) is 11.1. The van der Waals surface area contributed by atoms with E-state index in [0.717, 1.165) is 18.5 Å². The van der Waals surface area contributed by atoms with Crippen molar-refractivity contribution in [3.63, 3.8) is 0 Å². The molecule has 2 N–H and O–H groups in total. The Morgan fingerprint density at radius 1 is 1.00 bits per heavy atom. The van der Waals surface area contributed by atoms with E-state index in [1.54, 1.807) is 0 Å². The van der Waals surface area contributed by atoms with Crippen molar-refractivity contribution in [2.45, 2.75) is 65.2 Å². The molecule has 0 spiro atoms. The second kappa shape index (κ2) is 7.93. The van der Waals surface area contributed by atoms with Gasteiger partial charge in [0.1, 0.15) is 0 Å². The number of hydrogen-bond donors (Lipinski definition) is 2. The Morgan fingerprint density at radius 3 is 2.40 bits per heavy atom. The highest BCUT2D eigenvalue weighted by Gasteiger charge is 2.11. The molecular formula is C17H27N3. The minimum atomic E-state index is 1.11. The van der Waals surface area contributed by atoms with Crippen LogP contribution in [-0.4, -0.2) is 15.2 Å². The molecule has 20 heavy (non-hydrogen) atoms. The zero-order valence-corrected chi connectivity index (χ0v) is 12.8. The lowest BCUT2D eigenvalue weighted by Crippen LogP contribution is -1.88. The van der Waals surface area contributed by atoms with Crippen molar-refractivity contribution in [3.8, 4) is 11.4 Å². The summed E-state index contributed by atoms with van der Waals surface area (Å²) in [5.74, 6) is 0. The van der Waals surface area contributed by atoms with Gasteiger partial charge in [0.25, 0.3) is 0 Å². The molecule has 110 valence electrons. The first-order valence-electron chi connectivity index (χ1n) is 8.05. The molecule has 0 unspecified atom stereocenters. The second-order valence-corrected chi connectivity index (χ2v) is 5.58. The molecule has 0 amide bonds. The summed E-state index contributed by atoms with van der Waals surface area (Å²) in [5.41, 5.74) is 5.16. The summed E-state index contributed by atoms with van der Waals surface area (Å²) in [6.07, 6.45) is 11.8. The summed E-state index contributed by atoms with van der Waals surface area (Å²) < 4.78 is 0. The highest BCUT2D eigenvalue weighted by atomic mass is 15.1. The standard InChI is InChI=1S/C17H27N3/c1-3-5-7-9-14-13-15(10-8-6-4-2)19-17(14)16-11-12-18-20-16/h11-13,19H,3-10H2,1-2H3,(H,18,20). The number of aromatic amines is 2. The van der Waals surface area contributed by atoms with Gasteiger partial charge in [0.15, 0.2) is 0 Å². The molecule has 0 atom stereocenters. The van der Waals surface area contributed by atoms with Crippen LogP contribution in [-0.2, 0) is 12.8 Å². The Kier molecular flexibility index (Phi) is 5.90. The average Bonchev–Trinajstić information content (AvgIpc) is 3.08. The highest BCUT2D eigenvalue weighted by Crippen LogP contribution is 2.24. The topological polar surface area (TPSA) is 44.5 Å². The van der Waals surface area contributed by atoms with E-state index in [-0.39, 0.29) is 0 Å². The number of aromatic nitrogens is 3. The van der Waals surface area contributed by atoms with Gasteiger partial charge in [-0.05, 0) is 43.4 Å². The molecule has 0 aliphatic heterocycles. The van der Waals surface area contributed by atoms with E-state index >= 15 is 0 Å². The fraction of sp³-hybridized carbons (Fsp3) is 0.588. The fourth-order valence-electron chi connectivity index (χ4n) is 2.66. The van der Waals surface area contributed by atoms with Crippen molar-refractivity contribution >= 4 is 0 Å². The predicted molar refractivity (Wildman–Crippen MR) is 84.8 cm³/mol. The smallest absolute Gasteiger partial charge is 0.0815 e. The van der Waals surface area contributed by atoms with Crippen LogP contribution < -0.4 is 0 Å². The van der Waals surface area contributed by atoms with Gasteiger partial charge < -0.3 is 4.98 Å². The molecule has 0 aliphatic rings. The molecule has 0 fully saturated rings. The number of H-pyrrole nitrogens is 2. The zero-order chi connectivity index (χ0) is 14.2. The maximum atomic E-state index is 4.08. The van der Waals surface area contributed by atoms with Gasteiger partial charge in [0, 0.05) is 11.9 Å². The van der Waals surface area contributed by atoms with E-state index in [1.807, 2.05) is 12.3 Å². The Balaban J connectivity index is 2.10. The van der Waals surface area contributed by atoms with Crippen molar-refractivity contribution in [2.24, 2.45) is 0 Å². The first kappa shape index (κ1) is 14.9. The lowest BCUT2D eigenvalue weighted by atomic mass is 10.1. The van der Waals surface area contributed by atoms with Crippen molar-refractivity contribution in [3.05, 3.63) is 29.6 Å². The van der Waals surface area contributed by atoms with E-state index in [0.29, 0.717) is 0 Å². The van der Waals surface area contributed by atoms with Crippen LogP contribution >= 0.6 is 0 Å². The van der Waals surface area contributed by atoms with Crippen molar-refractivity contribution in [1.82, 2.24) is 15.2 Å². The molecule has 0 radical (unpaired) electrons. The summed E-state index contributed by atoms with van der Waals surface area (Å²) in [4.78, 5) is 3.60. The van der Waals surface area contributed by atoms with Crippen LogP contribution in [0.25, 0.3) is 11.4 Å². The van der Waals surface area contributed by atoms with E-state index in [4.69, 9.17) is 0 Å². The Hall–Kier alpha value is -1.51. The van der Waals surface area contributed by atoms with Gasteiger partial charge >= 0.3 is 0 Å². The lowest BCUT2D eigenvalue weighted by molar-refractivity contribution is 0.708. The van der Waals surface area contributed by atoms with Gasteiger partial charge in [0.05, 0.1) is 11.4 Å². The molecule has 0 aliphatic carbocycles. The third kappa shape index (κ3) is 3.99. The van der Waals surface area contributed by atoms with Gasteiger partial charge in [-0.3, -0.25) is 5.10 Å². The first-order valence-corrected chi connectivity index (χ1v) is 8.05.